The lowest BCUT2D eigenvalue weighted by atomic mass is 9.96. The van der Waals surface area contributed by atoms with E-state index in [4.69, 9.17) is 47.4 Å². The van der Waals surface area contributed by atoms with Crippen LogP contribution in [-0.4, -0.2) is 110 Å². The Morgan fingerprint density at radius 3 is 1.34 bits per heavy atom. The maximum absolute atomic E-state index is 11.4. The fourth-order valence-corrected chi connectivity index (χ4v) is 4.76. The van der Waals surface area contributed by atoms with E-state index in [1.54, 1.807) is 6.92 Å². The minimum Gasteiger partial charge on any atom is -0.456 e. The maximum Gasteiger partial charge on any atom is 0.305 e. The van der Waals surface area contributed by atoms with Gasteiger partial charge in [0.05, 0.1) is 6.61 Å². The van der Waals surface area contributed by atoms with Gasteiger partial charge >= 0.3 is 41.8 Å². The van der Waals surface area contributed by atoms with Crippen molar-refractivity contribution in [2.75, 3.05) is 6.61 Å². The lowest BCUT2D eigenvalue weighted by molar-refractivity contribution is -0.296. The third kappa shape index (κ3) is 10.4. The monoisotopic (exact) mass is 634 g/mol. The van der Waals surface area contributed by atoms with Gasteiger partial charge in [-0.25, -0.2) is 0 Å². The molecule has 0 aromatic rings. The number of ether oxygens (including phenoxy) is 10. The SMILES string of the molecule is CC(=O)OC1C2COC(O2)C(OC(C)=O)C1OC(C)=O.CCC1OC(OC(C)=O)C(OC(C)=O)C(OC(C)=O)C1OC(C)=O. The molecule has 3 fully saturated rings. The van der Waals surface area contributed by atoms with E-state index < -0.39 is 103 Å². The molecule has 17 heteroatoms. The first-order valence-corrected chi connectivity index (χ1v) is 13.7. The van der Waals surface area contributed by atoms with Gasteiger partial charge in [0.15, 0.2) is 36.8 Å². The Labute approximate surface area is 252 Å². The van der Waals surface area contributed by atoms with E-state index in [0.717, 1.165) is 20.8 Å². The topological polar surface area (TPSA) is 212 Å². The molecule has 10 unspecified atom stereocenters. The zero-order valence-electron chi connectivity index (χ0n) is 25.6. The third-order valence-corrected chi connectivity index (χ3v) is 6.10. The Hall–Kier alpha value is -3.83. The van der Waals surface area contributed by atoms with E-state index in [0.29, 0.717) is 6.42 Å². The number of carbonyl (C=O) groups is 7. The van der Waals surface area contributed by atoms with Gasteiger partial charge in [0.1, 0.15) is 12.2 Å². The van der Waals surface area contributed by atoms with Crippen LogP contribution in [0.1, 0.15) is 61.8 Å². The fraction of sp³-hybridized carbons (Fsp3) is 0.741. The Morgan fingerprint density at radius 1 is 0.500 bits per heavy atom. The smallest absolute Gasteiger partial charge is 0.305 e. The normalized spacial score (nSPS) is 32.0. The quantitative estimate of drug-likeness (QED) is 0.254. The third-order valence-electron chi connectivity index (χ3n) is 6.10. The molecule has 3 saturated heterocycles. The van der Waals surface area contributed by atoms with Crippen LogP contribution >= 0.6 is 0 Å². The number of hydrogen-bond acceptors (Lipinski definition) is 17. The molecule has 2 bridgehead atoms. The van der Waals surface area contributed by atoms with Crippen molar-refractivity contribution in [3.63, 3.8) is 0 Å². The average Bonchev–Trinajstić information content (AvgIpc) is 3.32. The second-order valence-corrected chi connectivity index (χ2v) is 9.88. The van der Waals surface area contributed by atoms with Crippen LogP contribution < -0.4 is 0 Å². The van der Waals surface area contributed by atoms with Gasteiger partial charge in [-0.15, -0.1) is 0 Å². The molecule has 0 amide bonds. The summed E-state index contributed by atoms with van der Waals surface area (Å²) in [5.74, 6) is -4.37. The second-order valence-electron chi connectivity index (χ2n) is 9.88. The summed E-state index contributed by atoms with van der Waals surface area (Å²) in [5.41, 5.74) is 0. The first-order valence-electron chi connectivity index (χ1n) is 13.7. The van der Waals surface area contributed by atoms with Crippen LogP contribution in [0.3, 0.4) is 0 Å². The Morgan fingerprint density at radius 2 is 0.886 bits per heavy atom. The number of esters is 7. The van der Waals surface area contributed by atoms with E-state index in [1.165, 1.54) is 27.7 Å². The standard InChI is InChI=1S/C15H22O9.C12H16O8/c1-6-11-12(20-7(2)16)13(21-8(3)17)14(22-9(4)18)15(24-11)23-10(5)19;1-5(13)17-9-8-4-16-12(20-8)11(19-7(3)15)10(9)18-6(2)14/h11-15H,6H2,1-5H3;8-12H,4H2,1-3H3. The van der Waals surface area contributed by atoms with Crippen molar-refractivity contribution in [3.05, 3.63) is 0 Å². The molecular formula is C27H38O17. The van der Waals surface area contributed by atoms with Crippen molar-refractivity contribution in [3.8, 4) is 0 Å². The van der Waals surface area contributed by atoms with E-state index in [2.05, 4.69) is 0 Å². The average molecular weight is 635 g/mol. The van der Waals surface area contributed by atoms with Crippen LogP contribution in [0.5, 0.6) is 0 Å². The summed E-state index contributed by atoms with van der Waals surface area (Å²) < 4.78 is 52.3. The van der Waals surface area contributed by atoms with Crippen LogP contribution in [0.4, 0.5) is 0 Å². The molecule has 0 saturated carbocycles. The first-order chi connectivity index (χ1) is 20.5. The van der Waals surface area contributed by atoms with Gasteiger partial charge in [0, 0.05) is 48.5 Å². The van der Waals surface area contributed by atoms with Crippen molar-refractivity contribution in [1.82, 2.24) is 0 Å². The van der Waals surface area contributed by atoms with Crippen molar-refractivity contribution < 1.29 is 80.9 Å². The van der Waals surface area contributed by atoms with E-state index in [9.17, 15) is 33.6 Å². The van der Waals surface area contributed by atoms with Crippen LogP contribution in [0.15, 0.2) is 0 Å². The van der Waals surface area contributed by atoms with E-state index >= 15 is 0 Å². The van der Waals surface area contributed by atoms with Crippen molar-refractivity contribution >= 4 is 41.8 Å². The second kappa shape index (κ2) is 16.3. The highest BCUT2D eigenvalue weighted by atomic mass is 16.8. The van der Waals surface area contributed by atoms with Crippen molar-refractivity contribution in [2.24, 2.45) is 0 Å². The predicted octanol–water partition coefficient (Wildman–Crippen LogP) is 0.0161. The molecule has 3 aliphatic rings. The van der Waals surface area contributed by atoms with Crippen molar-refractivity contribution in [1.29, 1.82) is 0 Å². The summed E-state index contributed by atoms with van der Waals surface area (Å²) in [6.45, 7) is 10.2. The molecule has 0 aromatic heterocycles. The zero-order valence-corrected chi connectivity index (χ0v) is 25.6. The molecule has 10 atom stereocenters. The molecular weight excluding hydrogens is 596 g/mol. The maximum atomic E-state index is 11.4. The van der Waals surface area contributed by atoms with Gasteiger partial charge in [-0.1, -0.05) is 6.92 Å². The molecule has 44 heavy (non-hydrogen) atoms. The lowest BCUT2D eigenvalue weighted by Crippen LogP contribution is -2.61. The molecule has 3 aliphatic heterocycles. The summed E-state index contributed by atoms with van der Waals surface area (Å²) in [4.78, 5) is 79.1. The molecule has 17 nitrogen and oxygen atoms in total. The summed E-state index contributed by atoms with van der Waals surface area (Å²) in [6.07, 6.45) is -9.25. The summed E-state index contributed by atoms with van der Waals surface area (Å²) >= 11 is 0. The van der Waals surface area contributed by atoms with E-state index in [1.807, 2.05) is 0 Å². The van der Waals surface area contributed by atoms with Crippen LogP contribution in [0.25, 0.3) is 0 Å². The van der Waals surface area contributed by atoms with E-state index in [-0.39, 0.29) is 6.61 Å². The minimum absolute atomic E-state index is 0.165. The summed E-state index contributed by atoms with van der Waals surface area (Å²) in [5, 5.41) is 0. The van der Waals surface area contributed by atoms with Crippen LogP contribution in [-0.2, 0) is 80.9 Å². The minimum atomic E-state index is -1.28. The van der Waals surface area contributed by atoms with Gasteiger partial charge in [-0.05, 0) is 6.42 Å². The van der Waals surface area contributed by atoms with Gasteiger partial charge in [0.2, 0.25) is 12.4 Å². The fourth-order valence-electron chi connectivity index (χ4n) is 4.76. The molecule has 0 aliphatic carbocycles. The molecule has 0 aromatic carbocycles. The molecule has 3 heterocycles. The number of rotatable bonds is 8. The number of hydrogen-bond donors (Lipinski definition) is 0. The van der Waals surface area contributed by atoms with Crippen molar-refractivity contribution in [2.45, 2.75) is 123 Å². The Balaban J connectivity index is 0.000000311. The van der Waals surface area contributed by atoms with Gasteiger partial charge < -0.3 is 47.4 Å². The lowest BCUT2D eigenvalue weighted by Gasteiger charge is -2.43. The zero-order chi connectivity index (χ0) is 33.3. The molecule has 3 rings (SSSR count). The van der Waals surface area contributed by atoms with Gasteiger partial charge in [0.25, 0.3) is 0 Å². The highest BCUT2D eigenvalue weighted by molar-refractivity contribution is 5.70. The first kappa shape index (κ1) is 36.4. The summed E-state index contributed by atoms with van der Waals surface area (Å²) in [6, 6.07) is 0. The van der Waals surface area contributed by atoms with Gasteiger partial charge in [-0.3, -0.25) is 33.6 Å². The Kier molecular flexibility index (Phi) is 13.5. The highest BCUT2D eigenvalue weighted by Gasteiger charge is 2.56. The predicted molar refractivity (Wildman–Crippen MR) is 139 cm³/mol. The molecule has 0 spiro atoms. The Bertz CT molecular complexity index is 1060. The molecule has 248 valence electrons. The number of carbonyl (C=O) groups excluding carboxylic acids is 7. The molecule has 0 N–H and O–H groups in total. The largest absolute Gasteiger partial charge is 0.456 e. The number of fused-ring (bicyclic) bond motifs is 2. The van der Waals surface area contributed by atoms with Crippen LogP contribution in [0.2, 0.25) is 0 Å². The van der Waals surface area contributed by atoms with Gasteiger partial charge in [-0.2, -0.15) is 0 Å². The van der Waals surface area contributed by atoms with Crippen LogP contribution in [0, 0.1) is 0 Å². The highest BCUT2D eigenvalue weighted by Crippen LogP contribution is 2.34. The summed E-state index contributed by atoms with van der Waals surface area (Å²) in [7, 11) is 0. The molecule has 0 radical (unpaired) electrons.